The van der Waals surface area contributed by atoms with Crippen LogP contribution < -0.4 is 0 Å². The molecule has 4 heteroatoms. The lowest BCUT2D eigenvalue weighted by atomic mass is 9.94. The Morgan fingerprint density at radius 2 is 1.75 bits per heavy atom. The smallest absolute Gasteiger partial charge is 0.123 e. The van der Waals surface area contributed by atoms with Crippen molar-refractivity contribution < 1.29 is 4.39 Å². The molecule has 1 unspecified atom stereocenters. The van der Waals surface area contributed by atoms with Crippen molar-refractivity contribution in [1.82, 2.24) is 0 Å². The van der Waals surface area contributed by atoms with Gasteiger partial charge in [0.1, 0.15) is 5.82 Å². The topological polar surface area (TPSA) is 0 Å². The molecule has 0 aliphatic rings. The van der Waals surface area contributed by atoms with Gasteiger partial charge in [0, 0.05) is 15.4 Å². The zero-order valence-corrected chi connectivity index (χ0v) is 13.8. The highest BCUT2D eigenvalue weighted by Crippen LogP contribution is 2.25. The molecule has 0 aliphatic carbocycles. The Balaban J connectivity index is 2.13. The van der Waals surface area contributed by atoms with Gasteiger partial charge in [-0.25, -0.2) is 4.39 Å². The minimum atomic E-state index is -0.228. The average molecular weight is 376 g/mol. The van der Waals surface area contributed by atoms with E-state index in [9.17, 15) is 4.39 Å². The summed E-state index contributed by atoms with van der Waals surface area (Å²) in [6, 6.07) is 12.5. The van der Waals surface area contributed by atoms with E-state index >= 15 is 0 Å². The van der Waals surface area contributed by atoms with Gasteiger partial charge >= 0.3 is 0 Å². The van der Waals surface area contributed by atoms with Crippen LogP contribution in [-0.4, -0.2) is 5.88 Å². The highest BCUT2D eigenvalue weighted by Gasteiger charge is 2.14. The van der Waals surface area contributed by atoms with E-state index in [1.165, 1.54) is 6.07 Å². The first-order valence-electron chi connectivity index (χ1n) is 6.33. The van der Waals surface area contributed by atoms with Crippen LogP contribution in [0.15, 0.2) is 46.9 Å². The number of hydrogen-bond donors (Lipinski definition) is 0. The quantitative estimate of drug-likeness (QED) is 0.572. The largest absolute Gasteiger partial charge is 0.207 e. The molecular weight excluding hydrogens is 362 g/mol. The molecule has 2 aromatic rings. The van der Waals surface area contributed by atoms with Crippen LogP contribution in [0, 0.1) is 11.7 Å². The molecule has 0 amide bonds. The number of rotatable bonds is 5. The molecular formula is C16H14BrCl2F. The third-order valence-corrected chi connectivity index (χ3v) is 4.78. The van der Waals surface area contributed by atoms with E-state index in [4.69, 9.17) is 23.2 Å². The zero-order chi connectivity index (χ0) is 14.5. The average Bonchev–Trinajstić information content (AvgIpc) is 2.44. The van der Waals surface area contributed by atoms with Crippen molar-refractivity contribution in [2.24, 2.45) is 5.92 Å². The van der Waals surface area contributed by atoms with Crippen molar-refractivity contribution in [1.29, 1.82) is 0 Å². The summed E-state index contributed by atoms with van der Waals surface area (Å²) in [6.45, 7) is 0. The van der Waals surface area contributed by atoms with Crippen LogP contribution in [0.3, 0.4) is 0 Å². The molecule has 0 aliphatic heterocycles. The Hall–Kier alpha value is -0.570. The summed E-state index contributed by atoms with van der Waals surface area (Å²) in [7, 11) is 0. The second kappa shape index (κ2) is 7.44. The van der Waals surface area contributed by atoms with Gasteiger partial charge in [-0.2, -0.15) is 0 Å². The SMILES string of the molecule is Fc1ccc(Br)c(CC(CCl)Cc2ccccc2Cl)c1. The summed E-state index contributed by atoms with van der Waals surface area (Å²) in [5.74, 6) is 0.498. The lowest BCUT2D eigenvalue weighted by Crippen LogP contribution is -2.11. The molecule has 2 rings (SSSR count). The monoisotopic (exact) mass is 374 g/mol. The summed E-state index contributed by atoms with van der Waals surface area (Å²) in [6.07, 6.45) is 1.50. The molecule has 0 heterocycles. The van der Waals surface area contributed by atoms with Crippen LogP contribution in [0.1, 0.15) is 11.1 Å². The minimum Gasteiger partial charge on any atom is -0.207 e. The minimum absolute atomic E-state index is 0.217. The Labute approximate surface area is 137 Å². The van der Waals surface area contributed by atoms with Crippen molar-refractivity contribution >= 4 is 39.1 Å². The van der Waals surface area contributed by atoms with Crippen molar-refractivity contribution in [2.75, 3.05) is 5.88 Å². The van der Waals surface area contributed by atoms with Gasteiger partial charge in [0.15, 0.2) is 0 Å². The summed E-state index contributed by atoms with van der Waals surface area (Å²) >= 11 is 15.7. The number of halogens is 4. The van der Waals surface area contributed by atoms with Crippen molar-refractivity contribution in [3.63, 3.8) is 0 Å². The van der Waals surface area contributed by atoms with Gasteiger partial charge in [-0.15, -0.1) is 11.6 Å². The van der Waals surface area contributed by atoms with Crippen LogP contribution in [0.2, 0.25) is 5.02 Å². The van der Waals surface area contributed by atoms with Crippen molar-refractivity contribution in [3.05, 3.63) is 68.9 Å². The van der Waals surface area contributed by atoms with Gasteiger partial charge in [-0.05, 0) is 54.2 Å². The van der Waals surface area contributed by atoms with Gasteiger partial charge in [0.2, 0.25) is 0 Å². The van der Waals surface area contributed by atoms with Gasteiger partial charge in [0.25, 0.3) is 0 Å². The molecule has 0 aromatic heterocycles. The lowest BCUT2D eigenvalue weighted by molar-refractivity contribution is 0.575. The Morgan fingerprint density at radius 3 is 2.45 bits per heavy atom. The van der Waals surface area contributed by atoms with E-state index in [0.29, 0.717) is 12.3 Å². The third-order valence-electron chi connectivity index (χ3n) is 3.20. The van der Waals surface area contributed by atoms with Crippen LogP contribution in [-0.2, 0) is 12.8 Å². The van der Waals surface area contributed by atoms with Crippen LogP contribution >= 0.6 is 39.1 Å². The van der Waals surface area contributed by atoms with Crippen LogP contribution in [0.25, 0.3) is 0 Å². The van der Waals surface area contributed by atoms with Crippen molar-refractivity contribution in [2.45, 2.75) is 12.8 Å². The zero-order valence-electron chi connectivity index (χ0n) is 10.8. The predicted molar refractivity (Wildman–Crippen MR) is 87.2 cm³/mol. The molecule has 2 aromatic carbocycles. The summed E-state index contributed by atoms with van der Waals surface area (Å²) in [5, 5.41) is 0.751. The summed E-state index contributed by atoms with van der Waals surface area (Å²) < 4.78 is 14.2. The van der Waals surface area contributed by atoms with Crippen LogP contribution in [0.4, 0.5) is 4.39 Å². The van der Waals surface area contributed by atoms with Gasteiger partial charge in [-0.3, -0.25) is 0 Å². The standard InChI is InChI=1S/C16H14BrCl2F/c17-15-6-5-14(20)9-13(15)8-11(10-18)7-12-3-1-2-4-16(12)19/h1-6,9,11H,7-8,10H2. The molecule has 0 bridgehead atoms. The molecule has 0 spiro atoms. The summed E-state index contributed by atoms with van der Waals surface area (Å²) in [5.41, 5.74) is 2.01. The Morgan fingerprint density at radius 1 is 1.05 bits per heavy atom. The van der Waals surface area contributed by atoms with Gasteiger partial charge in [0.05, 0.1) is 0 Å². The molecule has 20 heavy (non-hydrogen) atoms. The molecule has 0 N–H and O–H groups in total. The van der Waals surface area contributed by atoms with E-state index in [1.807, 2.05) is 24.3 Å². The second-order valence-electron chi connectivity index (χ2n) is 4.76. The first-order chi connectivity index (χ1) is 9.60. The number of alkyl halides is 1. The van der Waals surface area contributed by atoms with E-state index in [0.717, 1.165) is 27.0 Å². The first kappa shape index (κ1) is 15.8. The number of hydrogen-bond acceptors (Lipinski definition) is 0. The van der Waals surface area contributed by atoms with Gasteiger partial charge < -0.3 is 0 Å². The van der Waals surface area contributed by atoms with E-state index in [1.54, 1.807) is 12.1 Å². The molecule has 0 nitrogen and oxygen atoms in total. The predicted octanol–water partition coefficient (Wildman–Crippen LogP) is 5.88. The van der Waals surface area contributed by atoms with E-state index in [2.05, 4.69) is 15.9 Å². The van der Waals surface area contributed by atoms with Gasteiger partial charge in [-0.1, -0.05) is 45.7 Å². The van der Waals surface area contributed by atoms with E-state index < -0.39 is 0 Å². The van der Waals surface area contributed by atoms with Crippen LogP contribution in [0.5, 0.6) is 0 Å². The highest BCUT2D eigenvalue weighted by atomic mass is 79.9. The molecule has 0 saturated heterocycles. The second-order valence-corrected chi connectivity index (χ2v) is 6.33. The molecule has 0 radical (unpaired) electrons. The maximum absolute atomic E-state index is 13.3. The lowest BCUT2D eigenvalue weighted by Gasteiger charge is -2.16. The maximum atomic E-state index is 13.3. The molecule has 0 saturated carbocycles. The van der Waals surface area contributed by atoms with Crippen molar-refractivity contribution in [3.8, 4) is 0 Å². The normalized spacial score (nSPS) is 12.4. The molecule has 106 valence electrons. The Bertz CT molecular complexity index is 586. The first-order valence-corrected chi connectivity index (χ1v) is 8.04. The maximum Gasteiger partial charge on any atom is 0.123 e. The number of benzene rings is 2. The fourth-order valence-electron chi connectivity index (χ4n) is 2.17. The molecule has 1 atom stereocenters. The third kappa shape index (κ3) is 4.21. The highest BCUT2D eigenvalue weighted by molar-refractivity contribution is 9.10. The molecule has 0 fully saturated rings. The fourth-order valence-corrected chi connectivity index (χ4v) is 3.01. The summed E-state index contributed by atoms with van der Waals surface area (Å²) in [4.78, 5) is 0. The van der Waals surface area contributed by atoms with E-state index in [-0.39, 0.29) is 11.7 Å². The Kier molecular flexibility index (Phi) is 5.88. The fraction of sp³-hybridized carbons (Fsp3) is 0.250.